The van der Waals surface area contributed by atoms with E-state index in [1.54, 1.807) is 0 Å². The highest BCUT2D eigenvalue weighted by Gasteiger charge is 2.47. The van der Waals surface area contributed by atoms with Crippen LogP contribution >= 0.6 is 0 Å². The number of carbonyl (C=O) groups is 1. The van der Waals surface area contributed by atoms with Crippen LogP contribution in [0.3, 0.4) is 0 Å². The van der Waals surface area contributed by atoms with E-state index in [1.807, 2.05) is 43.0 Å². The first-order chi connectivity index (χ1) is 21.3. The molecular formula is C33H37F3N4O4S. The van der Waals surface area contributed by atoms with Gasteiger partial charge in [-0.3, -0.25) is 4.79 Å². The number of aliphatic hydroxyl groups excluding tert-OH is 1. The highest BCUT2D eigenvalue weighted by atomic mass is 32.2. The van der Waals surface area contributed by atoms with Crippen molar-refractivity contribution < 1.29 is 31.5 Å². The molecule has 0 spiro atoms. The van der Waals surface area contributed by atoms with Crippen LogP contribution in [0.15, 0.2) is 48.5 Å². The second-order valence-electron chi connectivity index (χ2n) is 12.4. The average molecular weight is 643 g/mol. The molecule has 1 aliphatic heterocycles. The Morgan fingerprint density at radius 2 is 1.71 bits per heavy atom. The Morgan fingerprint density at radius 3 is 2.29 bits per heavy atom. The lowest BCUT2D eigenvalue weighted by Crippen LogP contribution is -2.40. The lowest BCUT2D eigenvalue weighted by molar-refractivity contribution is -0.132. The number of aliphatic hydroxyl groups is 1. The molecule has 2 heterocycles. The Bertz CT molecular complexity index is 1670. The maximum Gasteiger partial charge on any atom is 0.248 e. The number of ketones is 1. The van der Waals surface area contributed by atoms with Gasteiger partial charge in [-0.2, -0.15) is 10.4 Å². The van der Waals surface area contributed by atoms with Crippen LogP contribution < -0.4 is 4.90 Å². The zero-order valence-corrected chi connectivity index (χ0v) is 26.1. The van der Waals surface area contributed by atoms with Crippen LogP contribution in [0.25, 0.3) is 16.8 Å². The van der Waals surface area contributed by atoms with Crippen LogP contribution in [-0.4, -0.2) is 59.6 Å². The van der Waals surface area contributed by atoms with Crippen molar-refractivity contribution in [2.24, 2.45) is 17.8 Å². The quantitative estimate of drug-likeness (QED) is 0.319. The molecule has 0 unspecified atom stereocenters. The van der Waals surface area contributed by atoms with E-state index in [0.717, 1.165) is 5.69 Å². The number of nitriles is 1. The maximum absolute atomic E-state index is 14.9. The summed E-state index contributed by atoms with van der Waals surface area (Å²) in [5.74, 6) is -6.37. The van der Waals surface area contributed by atoms with E-state index >= 15 is 0 Å². The first-order valence-corrected chi connectivity index (χ1v) is 17.0. The normalized spacial score (nSPS) is 21.8. The van der Waals surface area contributed by atoms with Gasteiger partial charge in [-0.05, 0) is 54.3 Å². The molecule has 0 radical (unpaired) electrons. The third kappa shape index (κ3) is 7.10. The van der Waals surface area contributed by atoms with Gasteiger partial charge in [0.25, 0.3) is 0 Å². The van der Waals surface area contributed by atoms with Gasteiger partial charge >= 0.3 is 0 Å². The molecule has 3 atom stereocenters. The molecule has 1 aromatic heterocycles. The van der Waals surface area contributed by atoms with Gasteiger partial charge in [-0.15, -0.1) is 0 Å². The molecule has 12 heteroatoms. The number of aromatic nitrogens is 2. The molecular weight excluding hydrogens is 605 g/mol. The predicted octanol–water partition coefficient (Wildman–Crippen LogP) is 5.68. The van der Waals surface area contributed by atoms with E-state index in [9.17, 15) is 36.8 Å². The van der Waals surface area contributed by atoms with Crippen LogP contribution in [0.5, 0.6) is 0 Å². The number of hydrogen-bond acceptors (Lipinski definition) is 7. The number of sulfone groups is 1. The van der Waals surface area contributed by atoms with Crippen LogP contribution in [0.2, 0.25) is 0 Å². The predicted molar refractivity (Wildman–Crippen MR) is 164 cm³/mol. The summed E-state index contributed by atoms with van der Waals surface area (Å²) >= 11 is 0. The molecule has 1 saturated carbocycles. The first kappa shape index (κ1) is 32.7. The molecule has 3 aromatic rings. The third-order valence-corrected chi connectivity index (χ3v) is 10.7. The van der Waals surface area contributed by atoms with Crippen LogP contribution in [-0.2, 0) is 21.2 Å². The zero-order valence-electron chi connectivity index (χ0n) is 25.3. The van der Waals surface area contributed by atoms with E-state index in [0.29, 0.717) is 41.3 Å². The summed E-state index contributed by atoms with van der Waals surface area (Å²) in [4.78, 5) is 15.6. The van der Waals surface area contributed by atoms with Gasteiger partial charge in [0.15, 0.2) is 9.84 Å². The van der Waals surface area contributed by atoms with Gasteiger partial charge in [-0.1, -0.05) is 26.0 Å². The third-order valence-electron chi connectivity index (χ3n) is 9.08. The highest BCUT2D eigenvalue weighted by Crippen LogP contribution is 2.49. The molecule has 240 valence electrons. The molecule has 1 saturated heterocycles. The van der Waals surface area contributed by atoms with Crippen molar-refractivity contribution in [1.29, 1.82) is 5.26 Å². The largest absolute Gasteiger partial charge is 0.390 e. The maximum atomic E-state index is 14.9. The molecule has 1 aliphatic carbocycles. The van der Waals surface area contributed by atoms with E-state index < -0.39 is 64.6 Å². The van der Waals surface area contributed by atoms with Crippen molar-refractivity contribution >= 4 is 21.3 Å². The minimum atomic E-state index is -3.07. The van der Waals surface area contributed by atoms with Crippen molar-refractivity contribution in [3.05, 3.63) is 65.7 Å². The van der Waals surface area contributed by atoms with Gasteiger partial charge < -0.3 is 10.0 Å². The van der Waals surface area contributed by atoms with Gasteiger partial charge in [0.05, 0.1) is 47.2 Å². The molecule has 2 aromatic carbocycles. The number of hydrogen-bond donors (Lipinski definition) is 1. The number of rotatable bonds is 9. The van der Waals surface area contributed by atoms with E-state index in [4.69, 9.17) is 5.10 Å². The summed E-state index contributed by atoms with van der Waals surface area (Å²) in [6.45, 7) is 3.87. The van der Waals surface area contributed by atoms with Crippen molar-refractivity contribution in [2.75, 3.05) is 29.5 Å². The molecule has 2 aliphatic rings. The summed E-state index contributed by atoms with van der Waals surface area (Å²) in [6, 6.07) is 15.0. The van der Waals surface area contributed by atoms with Gasteiger partial charge in [0.2, 0.25) is 5.92 Å². The number of Topliss-reactive ketones (excluding diaryl/α,β-unsaturated/α-hetero) is 1. The summed E-state index contributed by atoms with van der Waals surface area (Å²) in [5, 5.41) is 25.1. The van der Waals surface area contributed by atoms with Crippen molar-refractivity contribution in [3.8, 4) is 22.9 Å². The standard InChI is InChI=1S/C33H37F3N4O4S/c1-21(2)23(19-37)17-30(42)28-18-33(35,36)12-11-27(28)32-31(29(20-41)40(38-32)26-9-5-24(34)6-10-26)22-3-7-25(8-4-22)39-13-15-45(43,44)16-14-39/h3-10,21,23,27-28,41H,11-18,20H2,1-2H3/t23-,27-,28-/m1/s1. The number of alkyl halides is 2. The number of nitrogens with zero attached hydrogens (tertiary/aromatic N) is 4. The van der Waals surface area contributed by atoms with Crippen LogP contribution in [0, 0.1) is 34.9 Å². The first-order valence-electron chi connectivity index (χ1n) is 15.2. The number of benzene rings is 2. The second-order valence-corrected chi connectivity index (χ2v) is 14.7. The smallest absolute Gasteiger partial charge is 0.248 e. The summed E-state index contributed by atoms with van der Waals surface area (Å²) in [6.07, 6.45) is -1.28. The Balaban J connectivity index is 1.60. The molecule has 0 amide bonds. The van der Waals surface area contributed by atoms with Gasteiger partial charge in [0, 0.05) is 55.4 Å². The lowest BCUT2D eigenvalue weighted by Gasteiger charge is -2.35. The van der Waals surface area contributed by atoms with E-state index in [1.165, 1.54) is 28.9 Å². The van der Waals surface area contributed by atoms with Crippen molar-refractivity contribution in [3.63, 3.8) is 0 Å². The van der Waals surface area contributed by atoms with E-state index in [2.05, 4.69) is 6.07 Å². The number of carbonyl (C=O) groups excluding carboxylic acids is 1. The molecule has 1 N–H and O–H groups in total. The average Bonchev–Trinajstić information content (AvgIpc) is 3.39. The Labute approximate surface area is 261 Å². The zero-order chi connectivity index (χ0) is 32.5. The summed E-state index contributed by atoms with van der Waals surface area (Å²) < 4.78 is 68.9. The van der Waals surface area contributed by atoms with E-state index in [-0.39, 0.29) is 30.3 Å². The number of anilines is 1. The van der Waals surface area contributed by atoms with Crippen LogP contribution in [0.1, 0.15) is 56.8 Å². The molecule has 5 rings (SSSR count). The van der Waals surface area contributed by atoms with Gasteiger partial charge in [-0.25, -0.2) is 26.3 Å². The Kier molecular flexibility index (Phi) is 9.42. The monoisotopic (exact) mass is 642 g/mol. The van der Waals surface area contributed by atoms with Gasteiger partial charge in [0.1, 0.15) is 11.6 Å². The molecule has 45 heavy (non-hydrogen) atoms. The fourth-order valence-corrected chi connectivity index (χ4v) is 7.60. The fraction of sp³-hybridized carbons (Fsp3) is 0.485. The second kappa shape index (κ2) is 13.0. The van der Waals surface area contributed by atoms with Crippen molar-refractivity contribution in [2.45, 2.75) is 58.0 Å². The SMILES string of the molecule is CC(C)[C@@H](C#N)CC(=O)[C@@H]1CC(F)(F)CC[C@H]1c1nn(-c2ccc(F)cc2)c(CO)c1-c1ccc(N2CCS(=O)(=O)CC2)cc1. The Hall–Kier alpha value is -3.69. The fourth-order valence-electron chi connectivity index (χ4n) is 6.40. The minimum Gasteiger partial charge on any atom is -0.390 e. The topological polar surface area (TPSA) is 116 Å². The Morgan fingerprint density at radius 1 is 1.09 bits per heavy atom. The lowest BCUT2D eigenvalue weighted by atomic mass is 9.70. The summed E-state index contributed by atoms with van der Waals surface area (Å²) in [5.41, 5.74) is 3.14. The van der Waals surface area contributed by atoms with Crippen molar-refractivity contribution in [1.82, 2.24) is 9.78 Å². The number of halogens is 3. The molecule has 2 fully saturated rings. The molecule has 8 nitrogen and oxygen atoms in total. The minimum absolute atomic E-state index is 0.0268. The highest BCUT2D eigenvalue weighted by molar-refractivity contribution is 7.91. The van der Waals surface area contributed by atoms with Crippen LogP contribution in [0.4, 0.5) is 18.9 Å². The summed E-state index contributed by atoms with van der Waals surface area (Å²) in [7, 11) is -3.07. The molecule has 0 bridgehead atoms.